The van der Waals surface area contributed by atoms with Crippen molar-refractivity contribution in [1.29, 1.82) is 0 Å². The van der Waals surface area contributed by atoms with E-state index in [9.17, 15) is 4.79 Å². The lowest BCUT2D eigenvalue weighted by molar-refractivity contribution is 0.0601. The van der Waals surface area contributed by atoms with Gasteiger partial charge in [-0.3, -0.25) is 0 Å². The molecule has 0 bridgehead atoms. The van der Waals surface area contributed by atoms with Gasteiger partial charge < -0.3 is 9.30 Å². The van der Waals surface area contributed by atoms with Gasteiger partial charge in [-0.25, -0.2) is 4.79 Å². The molecule has 0 saturated heterocycles. The molecule has 3 aromatic rings. The number of methoxy groups -OCH3 is 1. The summed E-state index contributed by atoms with van der Waals surface area (Å²) in [6, 6.07) is 18.0. The molecular weight excluding hydrogens is 330 g/mol. The number of esters is 1. The van der Waals surface area contributed by atoms with Crippen molar-refractivity contribution in [2.24, 2.45) is 0 Å². The quantitative estimate of drug-likeness (QED) is 0.666. The van der Waals surface area contributed by atoms with E-state index in [2.05, 4.69) is 32.6 Å². The zero-order valence-electron chi connectivity index (χ0n) is 11.5. The molecule has 0 radical (unpaired) electrons. The summed E-state index contributed by atoms with van der Waals surface area (Å²) in [6.07, 6.45) is 0. The number of halogens is 1. The van der Waals surface area contributed by atoms with Crippen molar-refractivity contribution in [3.8, 4) is 0 Å². The van der Waals surface area contributed by atoms with Crippen LogP contribution in [0.3, 0.4) is 0 Å². The molecule has 0 atom stereocenters. The second-order valence-electron chi connectivity index (χ2n) is 4.75. The van der Waals surface area contributed by atoms with Gasteiger partial charge in [-0.1, -0.05) is 48.5 Å². The minimum Gasteiger partial charge on any atom is -0.465 e. The summed E-state index contributed by atoms with van der Waals surface area (Å²) >= 11 is 3.56. The Morgan fingerprint density at radius 1 is 1.10 bits per heavy atom. The largest absolute Gasteiger partial charge is 0.465 e. The minimum atomic E-state index is -0.329. The molecule has 2 aromatic carbocycles. The van der Waals surface area contributed by atoms with Gasteiger partial charge in [-0.15, -0.1) is 0 Å². The number of carbonyl (C=O) groups is 1. The Morgan fingerprint density at radius 3 is 2.48 bits per heavy atom. The third kappa shape index (κ3) is 2.47. The van der Waals surface area contributed by atoms with E-state index < -0.39 is 0 Å². The van der Waals surface area contributed by atoms with Gasteiger partial charge in [-0.05, 0) is 27.6 Å². The maximum atomic E-state index is 12.0. The number of carbonyl (C=O) groups excluding carboxylic acids is 1. The molecule has 0 fully saturated rings. The Labute approximate surface area is 131 Å². The molecule has 3 rings (SSSR count). The summed E-state index contributed by atoms with van der Waals surface area (Å²) in [4.78, 5) is 12.0. The molecule has 0 aliphatic carbocycles. The minimum absolute atomic E-state index is 0.329. The van der Waals surface area contributed by atoms with Crippen LogP contribution in [0.4, 0.5) is 0 Å². The van der Waals surface area contributed by atoms with E-state index in [1.165, 1.54) is 12.7 Å². The van der Waals surface area contributed by atoms with E-state index in [1.807, 2.05) is 42.5 Å². The highest BCUT2D eigenvalue weighted by Crippen LogP contribution is 2.31. The van der Waals surface area contributed by atoms with Gasteiger partial charge in [0.05, 0.1) is 18.2 Å². The van der Waals surface area contributed by atoms with Crippen molar-refractivity contribution in [3.05, 3.63) is 70.3 Å². The van der Waals surface area contributed by atoms with Gasteiger partial charge in [0.1, 0.15) is 4.60 Å². The molecular formula is C17H14BrNO2. The third-order valence-electron chi connectivity index (χ3n) is 3.48. The molecule has 0 spiro atoms. The van der Waals surface area contributed by atoms with Crippen LogP contribution in [0.25, 0.3) is 10.9 Å². The van der Waals surface area contributed by atoms with Crippen molar-refractivity contribution in [2.45, 2.75) is 6.54 Å². The summed E-state index contributed by atoms with van der Waals surface area (Å²) in [5.74, 6) is -0.329. The van der Waals surface area contributed by atoms with Crippen molar-refractivity contribution >= 4 is 32.8 Å². The lowest BCUT2D eigenvalue weighted by atomic mass is 10.2. The number of hydrogen-bond acceptors (Lipinski definition) is 2. The van der Waals surface area contributed by atoms with Crippen LogP contribution < -0.4 is 0 Å². The molecule has 0 aliphatic heterocycles. The van der Waals surface area contributed by atoms with Crippen molar-refractivity contribution < 1.29 is 9.53 Å². The van der Waals surface area contributed by atoms with Crippen molar-refractivity contribution in [1.82, 2.24) is 4.57 Å². The van der Waals surface area contributed by atoms with Crippen LogP contribution in [0.2, 0.25) is 0 Å². The van der Waals surface area contributed by atoms with E-state index in [-0.39, 0.29) is 5.97 Å². The summed E-state index contributed by atoms with van der Waals surface area (Å²) in [6.45, 7) is 0.693. The summed E-state index contributed by atoms with van der Waals surface area (Å²) in [7, 11) is 1.40. The standard InChI is InChI=1S/C17H14BrNO2/c1-21-17(20)15-13-9-5-6-10-14(13)19(16(15)18)11-12-7-3-2-4-8-12/h2-10H,11H2,1H3. The number of aromatic nitrogens is 1. The first-order chi connectivity index (χ1) is 10.2. The number of para-hydroxylation sites is 1. The number of hydrogen-bond donors (Lipinski definition) is 0. The van der Waals surface area contributed by atoms with Gasteiger partial charge in [0.15, 0.2) is 0 Å². The van der Waals surface area contributed by atoms with Crippen LogP contribution in [0.1, 0.15) is 15.9 Å². The monoisotopic (exact) mass is 343 g/mol. The van der Waals surface area contributed by atoms with Gasteiger partial charge in [0, 0.05) is 11.9 Å². The predicted octanol–water partition coefficient (Wildman–Crippen LogP) is 4.24. The van der Waals surface area contributed by atoms with E-state index >= 15 is 0 Å². The van der Waals surface area contributed by atoms with Crippen LogP contribution >= 0.6 is 15.9 Å². The highest BCUT2D eigenvalue weighted by atomic mass is 79.9. The van der Waals surface area contributed by atoms with Crippen molar-refractivity contribution in [3.63, 3.8) is 0 Å². The first-order valence-corrected chi connectivity index (χ1v) is 7.40. The topological polar surface area (TPSA) is 31.2 Å². The Morgan fingerprint density at radius 2 is 1.76 bits per heavy atom. The molecule has 3 nitrogen and oxygen atoms in total. The van der Waals surface area contributed by atoms with E-state index in [4.69, 9.17) is 4.74 Å². The van der Waals surface area contributed by atoms with Crippen LogP contribution in [-0.4, -0.2) is 17.6 Å². The molecule has 0 N–H and O–H groups in total. The average molecular weight is 344 g/mol. The van der Waals surface area contributed by atoms with Crippen LogP contribution in [0.15, 0.2) is 59.2 Å². The first kappa shape index (κ1) is 13.9. The number of nitrogens with zero attached hydrogens (tertiary/aromatic N) is 1. The second kappa shape index (κ2) is 5.74. The summed E-state index contributed by atoms with van der Waals surface area (Å²) < 4.78 is 7.74. The Kier molecular flexibility index (Phi) is 3.80. The number of fused-ring (bicyclic) bond motifs is 1. The predicted molar refractivity (Wildman–Crippen MR) is 86.5 cm³/mol. The highest BCUT2D eigenvalue weighted by molar-refractivity contribution is 9.10. The van der Waals surface area contributed by atoms with Crippen LogP contribution in [-0.2, 0) is 11.3 Å². The fourth-order valence-electron chi connectivity index (χ4n) is 2.49. The zero-order chi connectivity index (χ0) is 14.8. The SMILES string of the molecule is COC(=O)c1c(Br)n(Cc2ccccc2)c2ccccc12. The fourth-order valence-corrected chi connectivity index (χ4v) is 3.18. The molecule has 1 aromatic heterocycles. The molecule has 0 amide bonds. The molecule has 1 heterocycles. The lowest BCUT2D eigenvalue weighted by Crippen LogP contribution is -2.04. The average Bonchev–Trinajstić information content (AvgIpc) is 2.80. The Bertz CT molecular complexity index is 793. The van der Waals surface area contributed by atoms with E-state index in [1.54, 1.807) is 0 Å². The molecule has 0 saturated carbocycles. The maximum absolute atomic E-state index is 12.0. The molecule has 106 valence electrons. The van der Waals surface area contributed by atoms with Gasteiger partial charge in [0.25, 0.3) is 0 Å². The maximum Gasteiger partial charge on any atom is 0.341 e. The lowest BCUT2D eigenvalue weighted by Gasteiger charge is -2.07. The number of ether oxygens (including phenoxy) is 1. The molecule has 0 unspecified atom stereocenters. The summed E-state index contributed by atoms with van der Waals surface area (Å²) in [5, 5.41) is 0.896. The van der Waals surface area contributed by atoms with Crippen LogP contribution in [0, 0.1) is 0 Å². The normalized spacial score (nSPS) is 10.8. The third-order valence-corrected chi connectivity index (χ3v) is 4.31. The first-order valence-electron chi connectivity index (χ1n) is 6.61. The van der Waals surface area contributed by atoms with E-state index in [0.717, 1.165) is 15.5 Å². The molecule has 0 aliphatic rings. The molecule has 4 heteroatoms. The van der Waals surface area contributed by atoms with Gasteiger partial charge in [0.2, 0.25) is 0 Å². The van der Waals surface area contributed by atoms with Gasteiger partial charge >= 0.3 is 5.97 Å². The summed E-state index contributed by atoms with van der Waals surface area (Å²) in [5.41, 5.74) is 2.76. The number of rotatable bonds is 3. The molecule has 21 heavy (non-hydrogen) atoms. The van der Waals surface area contributed by atoms with E-state index in [0.29, 0.717) is 12.1 Å². The van der Waals surface area contributed by atoms with Gasteiger partial charge in [-0.2, -0.15) is 0 Å². The zero-order valence-corrected chi connectivity index (χ0v) is 13.1. The van der Waals surface area contributed by atoms with Crippen molar-refractivity contribution in [2.75, 3.05) is 7.11 Å². The number of benzene rings is 2. The van der Waals surface area contributed by atoms with Crippen LogP contribution in [0.5, 0.6) is 0 Å². The fraction of sp³-hybridized carbons (Fsp3) is 0.118. The Balaban J connectivity index is 2.18. The Hall–Kier alpha value is -2.07. The second-order valence-corrected chi connectivity index (χ2v) is 5.50. The highest BCUT2D eigenvalue weighted by Gasteiger charge is 2.21. The smallest absolute Gasteiger partial charge is 0.341 e.